The van der Waals surface area contributed by atoms with Crippen molar-refractivity contribution in [2.45, 2.75) is 354 Å². The van der Waals surface area contributed by atoms with Gasteiger partial charge in [0.2, 0.25) is 35.4 Å². The topological polar surface area (TPSA) is 988 Å². The van der Waals surface area contributed by atoms with Crippen LogP contribution in [0.5, 0.6) is 0 Å². The van der Waals surface area contributed by atoms with Crippen LogP contribution in [0.3, 0.4) is 0 Å². The maximum atomic E-state index is 13.3. The minimum atomic E-state index is -5.47. The van der Waals surface area contributed by atoms with Crippen molar-refractivity contribution < 1.29 is 279 Å². The summed E-state index contributed by atoms with van der Waals surface area (Å²) in [7, 11) is -5.47. The Morgan fingerprint density at radius 1 is 0.360 bits per heavy atom. The van der Waals surface area contributed by atoms with E-state index in [9.17, 15) is 190 Å². The highest BCUT2D eigenvalue weighted by Gasteiger charge is 2.64. The third kappa shape index (κ3) is 27.6. The molecular formula is C75H126N6O57S. The number of carbonyl (C=O) groups is 7. The van der Waals surface area contributed by atoms with Crippen molar-refractivity contribution in [3.63, 3.8) is 0 Å². The molecule has 0 unspecified atom stereocenters. The van der Waals surface area contributed by atoms with Gasteiger partial charge in [0.25, 0.3) is 5.79 Å². The highest BCUT2D eigenvalue weighted by Crippen LogP contribution is 2.43. The van der Waals surface area contributed by atoms with E-state index in [1.165, 1.54) is 0 Å². The molecule has 0 aromatic heterocycles. The number of aliphatic hydroxyl groups excluding tert-OH is 27. The quantitative estimate of drug-likeness (QED) is 0.0252. The van der Waals surface area contributed by atoms with Crippen LogP contribution in [0.15, 0.2) is 0 Å². The van der Waals surface area contributed by atoms with E-state index >= 15 is 0 Å². The number of carboxylic acid groups (broad SMARTS) is 1. The first-order valence-electron chi connectivity index (χ1n) is 43.3. The molecule has 9 rings (SSSR count). The van der Waals surface area contributed by atoms with Gasteiger partial charge in [-0.25, -0.2) is 8.98 Å². The monoisotopic (exact) mass is 2050 g/mol. The molecule has 139 heavy (non-hydrogen) atoms. The second kappa shape index (κ2) is 51.1. The van der Waals surface area contributed by atoms with Gasteiger partial charge in [0, 0.05) is 48.0 Å². The van der Waals surface area contributed by atoms with Crippen LogP contribution in [0, 0.1) is 0 Å². The molecule has 0 aromatic rings. The van der Waals surface area contributed by atoms with Crippen molar-refractivity contribution in [2.75, 3.05) is 72.7 Å². The first-order valence-corrected chi connectivity index (χ1v) is 44.7. The molecule has 50 atom stereocenters. The molecule has 804 valence electrons. The molecule has 63 nitrogen and oxygen atoms in total. The van der Waals surface area contributed by atoms with Crippen molar-refractivity contribution in [2.24, 2.45) is 0 Å². The number of amides is 6. The number of hydrogen-bond acceptors (Lipinski definition) is 55. The van der Waals surface area contributed by atoms with Gasteiger partial charge in [-0.1, -0.05) is 0 Å². The summed E-state index contributed by atoms with van der Waals surface area (Å²) >= 11 is 0. The Kier molecular flexibility index (Phi) is 43.0. The molecule has 0 saturated carbocycles. The first kappa shape index (κ1) is 117. The number of carbonyl (C=O) groups excluding carboxylic acids is 6. The van der Waals surface area contributed by atoms with Crippen LogP contribution in [0.1, 0.15) is 48.0 Å². The summed E-state index contributed by atoms with van der Waals surface area (Å²) in [4.78, 5) is 89.8. The zero-order valence-corrected chi connectivity index (χ0v) is 75.4. The minimum absolute atomic E-state index is 0.848. The predicted molar refractivity (Wildman–Crippen MR) is 429 cm³/mol. The van der Waals surface area contributed by atoms with E-state index in [1.807, 2.05) is 0 Å². The van der Waals surface area contributed by atoms with Crippen LogP contribution in [0.2, 0.25) is 0 Å². The van der Waals surface area contributed by atoms with Gasteiger partial charge in [-0.15, -0.1) is 0 Å². The van der Waals surface area contributed by atoms with Gasteiger partial charge in [0.1, 0.15) is 232 Å². The third-order valence-corrected chi connectivity index (χ3v) is 24.6. The Bertz CT molecular complexity index is 4050. The first-order chi connectivity index (χ1) is 65.4. The lowest BCUT2D eigenvalue weighted by Crippen LogP contribution is -2.71. The van der Waals surface area contributed by atoms with Gasteiger partial charge in [0.05, 0.1) is 90.9 Å². The van der Waals surface area contributed by atoms with Crippen molar-refractivity contribution >= 4 is 51.8 Å². The SMILES string of the molecule is CC(=O)N[C@H]1[C@H](O[C@H]2[C@H](O)[C@@H](NC(C)=O)[C@H](O[C@@H]3[C@@H](O[C@@H]4[C@H](O)[C@H](O[C@H]5[C@H](O)[C@@H](NC(C)=O)[C@H](O[C@@H]([C@H](O)[C@H](CO)NC(C)=O)[C@H](O)CO)O[C@@H]5CO)O[C@H](CO[C@H]5O[C@H](CO)[C@@H](O)[C@H](O)[C@@H]5O[C@@H]5O[C@H](CO)[C@@H](O[C@@H]6O[C@H](CO)[C@H](O)[C@H](O[C@]7(C(=O)O)C[C@H](O)[C@@H](NC(C)=O)[C@H]([C@H](O)[C@H](O)CO)O7)[C@H]6O)[C@H](O)[C@H]5NC(C)=O)[C@H]4O)O[C@H](CO)[C@@H](O)[C@@H]3O)O[C@@H]2CO)O[C@H](CO)[C@H](OS(=O)(=O)O)[C@@H]1O. The van der Waals surface area contributed by atoms with Crippen LogP contribution < -0.4 is 31.9 Å². The van der Waals surface area contributed by atoms with Gasteiger partial charge in [0.15, 0.2) is 50.3 Å². The van der Waals surface area contributed by atoms with Crippen LogP contribution in [0.25, 0.3) is 0 Å². The third-order valence-electron chi connectivity index (χ3n) is 24.1. The Hall–Kier alpha value is -5.64. The van der Waals surface area contributed by atoms with E-state index in [1.54, 1.807) is 0 Å². The zero-order chi connectivity index (χ0) is 103. The molecule has 35 N–H and O–H groups in total. The lowest BCUT2D eigenvalue weighted by Gasteiger charge is -2.51. The van der Waals surface area contributed by atoms with E-state index in [2.05, 4.69) is 36.1 Å². The van der Waals surface area contributed by atoms with E-state index in [-0.39, 0.29) is 0 Å². The zero-order valence-electron chi connectivity index (χ0n) is 74.6. The van der Waals surface area contributed by atoms with Gasteiger partial charge in [-0.05, 0) is 0 Å². The summed E-state index contributed by atoms with van der Waals surface area (Å²) < 4.78 is 145. The van der Waals surface area contributed by atoms with Crippen molar-refractivity contribution in [3.05, 3.63) is 0 Å². The molecule has 9 aliphatic rings. The fourth-order valence-electron chi connectivity index (χ4n) is 17.3. The number of carboxylic acids is 1. The van der Waals surface area contributed by atoms with E-state index in [0.717, 1.165) is 41.5 Å². The van der Waals surface area contributed by atoms with Gasteiger partial charge >= 0.3 is 16.4 Å². The Labute approximate surface area is 786 Å². The Morgan fingerprint density at radius 3 is 1.10 bits per heavy atom. The average Bonchev–Trinajstić information content (AvgIpc) is 0.745. The van der Waals surface area contributed by atoms with Crippen LogP contribution in [-0.2, 0) is 133 Å². The number of aliphatic hydroxyl groups is 27. The smallest absolute Gasteiger partial charge is 0.397 e. The lowest BCUT2D eigenvalue weighted by molar-refractivity contribution is -0.398. The number of nitrogens with one attached hydrogen (secondary N) is 6. The van der Waals surface area contributed by atoms with Gasteiger partial charge < -0.3 is 260 Å². The largest absolute Gasteiger partial charge is 0.477 e. The standard InChI is InChI=1S/C75H126N6O57S/c1-19(92)76-25(8-82)42(101)56(28(100)10-84)129-66-38(78-21(3)94)49(108)58(33(15-89)124-66)131-70-54(113)62(133-73-65(53(112)45(104)30(12-86)123-73)135-69-39(79-22(4)95)48(107)57(32(14-88)125-69)130-67-41(81-24(6)97)51(110)60(35(17-91)127-67)138-139(117,118)119)47(106)36(128-70)18-120-72-64(52(111)44(103)29(11-85)122-72)134-68-40(80-23(5)96)50(109)59(34(16-90)126-68)132-71-55(114)63(46(105)31(13-87)121-71)137-75(74(115)116)7-26(98)37(77-20(2)93)61(136-75)43(102)27(99)9-83/h25-73,82-91,98-114H,7-18H2,1-6H3,(H,76,92)(H,77,93)(H,78,94)(H,79,95)(H,80,96)(H,81,97)(H,115,116)(H,117,118,119)/t25-,26-,27+,28+,29+,30+,31+,32+,33+,34+,35+,36+,37+,38+,39+,40+,41+,42+,43+,44+,45+,46-,47+,48+,49+,50+,51+,52-,53-,54-,55+,56+,57+,58+,59+,60-,61+,62-,63-,64-,65-,66-,67-,68-,69-,70-,71-,72-,73+,75-/m0/s1. The molecule has 0 aliphatic carbocycles. The molecule has 9 fully saturated rings. The number of rotatable bonds is 43. The number of hydrogen-bond donors (Lipinski definition) is 35. The maximum Gasteiger partial charge on any atom is 0.397 e. The van der Waals surface area contributed by atoms with Crippen LogP contribution in [0.4, 0.5) is 0 Å². The van der Waals surface area contributed by atoms with Crippen molar-refractivity contribution in [3.8, 4) is 0 Å². The summed E-state index contributed by atoms with van der Waals surface area (Å²) in [5, 5.41) is 330. The maximum absolute atomic E-state index is 13.3. The molecule has 9 saturated heterocycles. The van der Waals surface area contributed by atoms with E-state index in [4.69, 9.17) is 85.3 Å². The lowest BCUT2D eigenvalue weighted by atomic mass is 9.88. The molecular weight excluding hydrogens is 1930 g/mol. The number of aliphatic carboxylic acids is 1. The number of ether oxygens (including phenoxy) is 18. The fourth-order valence-corrected chi connectivity index (χ4v) is 17.8. The molecule has 9 heterocycles. The van der Waals surface area contributed by atoms with Crippen LogP contribution in [-0.4, -0.2) is 576 Å². The average molecular weight is 2060 g/mol. The van der Waals surface area contributed by atoms with Gasteiger partial charge in [-0.2, -0.15) is 8.42 Å². The summed E-state index contributed by atoms with van der Waals surface area (Å²) in [5.41, 5.74) is 0. The second-order valence-corrected chi connectivity index (χ2v) is 35.2. The summed E-state index contributed by atoms with van der Waals surface area (Å²) in [6, 6.07) is -11.8. The van der Waals surface area contributed by atoms with Crippen molar-refractivity contribution in [1.82, 2.24) is 31.9 Å². The minimum Gasteiger partial charge on any atom is -0.477 e. The van der Waals surface area contributed by atoms with Gasteiger partial charge in [-0.3, -0.25) is 33.3 Å². The van der Waals surface area contributed by atoms with E-state index in [0.29, 0.717) is 0 Å². The second-order valence-electron chi connectivity index (χ2n) is 34.1. The normalized spacial score (nSPS) is 43.1. The van der Waals surface area contributed by atoms with Crippen molar-refractivity contribution in [1.29, 1.82) is 0 Å². The predicted octanol–water partition coefficient (Wildman–Crippen LogP) is -23.3. The molecule has 6 amide bonds. The fraction of sp³-hybridized carbons (Fsp3) is 0.907. The molecule has 64 heteroatoms. The Morgan fingerprint density at radius 2 is 0.698 bits per heavy atom. The molecule has 0 spiro atoms. The molecule has 9 aliphatic heterocycles. The molecule has 0 aromatic carbocycles. The Balaban J connectivity index is 1.06. The molecule has 0 bridgehead atoms. The highest BCUT2D eigenvalue weighted by atomic mass is 32.3. The summed E-state index contributed by atoms with van der Waals surface area (Å²) in [6.07, 6.45) is -100. The van der Waals surface area contributed by atoms with Crippen LogP contribution >= 0.6 is 0 Å². The summed E-state index contributed by atoms with van der Waals surface area (Å²) in [6.45, 7) is -8.46. The highest BCUT2D eigenvalue weighted by molar-refractivity contribution is 7.80. The van der Waals surface area contributed by atoms with E-state index < -0.39 is 437 Å². The summed E-state index contributed by atoms with van der Waals surface area (Å²) in [5.74, 6) is -11.4. The molecule has 0 radical (unpaired) electrons.